The second-order valence-corrected chi connectivity index (χ2v) is 5.56. The Bertz CT molecular complexity index is 1050. The first-order valence-corrected chi connectivity index (χ1v) is 7.80. The number of ether oxygens (including phenoxy) is 1. The van der Waals surface area contributed by atoms with E-state index in [1.807, 2.05) is 60.7 Å². The summed E-state index contributed by atoms with van der Waals surface area (Å²) in [7, 11) is 1.67. The summed E-state index contributed by atoms with van der Waals surface area (Å²) in [4.78, 5) is 9.30. The fraction of sp³-hybridized carbons (Fsp3) is 0.0476. The highest BCUT2D eigenvalue weighted by molar-refractivity contribution is 5.83. The molecular weight excluding hydrogens is 296 g/mol. The molecule has 24 heavy (non-hydrogen) atoms. The van der Waals surface area contributed by atoms with E-state index in [4.69, 9.17) is 4.74 Å². The number of benzene rings is 2. The Labute approximate surface area is 140 Å². The molecule has 2 heterocycles. The molecule has 0 saturated carbocycles. The zero-order chi connectivity index (χ0) is 16.4. The van der Waals surface area contributed by atoms with Crippen LogP contribution in [0.5, 0.6) is 5.75 Å². The van der Waals surface area contributed by atoms with Crippen LogP contribution in [0.25, 0.3) is 34.0 Å². The Balaban J connectivity index is 1.65. The summed E-state index contributed by atoms with van der Waals surface area (Å²) in [5.74, 6) is 0.841. The summed E-state index contributed by atoms with van der Waals surface area (Å²) in [6.45, 7) is 0. The number of hydrogen-bond acceptors (Lipinski definition) is 3. The van der Waals surface area contributed by atoms with Crippen LogP contribution in [0.4, 0.5) is 0 Å². The lowest BCUT2D eigenvalue weighted by atomic mass is 10.1. The normalized spacial score (nSPS) is 11.4. The van der Waals surface area contributed by atoms with E-state index in [9.17, 15) is 0 Å². The lowest BCUT2D eigenvalue weighted by Crippen LogP contribution is -1.86. The van der Waals surface area contributed by atoms with Gasteiger partial charge in [0.1, 0.15) is 5.75 Å². The highest BCUT2D eigenvalue weighted by Gasteiger charge is 1.99. The molecule has 0 fully saturated rings. The first-order chi connectivity index (χ1) is 11.8. The molecule has 0 aliphatic carbocycles. The summed E-state index contributed by atoms with van der Waals surface area (Å²) >= 11 is 0. The van der Waals surface area contributed by atoms with Crippen molar-refractivity contribution in [3.8, 4) is 5.75 Å². The quantitative estimate of drug-likeness (QED) is 0.536. The van der Waals surface area contributed by atoms with Crippen LogP contribution in [0, 0.1) is 0 Å². The maximum atomic E-state index is 5.24. The van der Waals surface area contributed by atoms with Crippen molar-refractivity contribution in [1.29, 1.82) is 0 Å². The van der Waals surface area contributed by atoms with Crippen LogP contribution in [0.15, 0.2) is 66.7 Å². The van der Waals surface area contributed by atoms with Gasteiger partial charge in [0.2, 0.25) is 0 Å². The van der Waals surface area contributed by atoms with E-state index >= 15 is 0 Å². The van der Waals surface area contributed by atoms with Crippen LogP contribution in [-0.4, -0.2) is 17.1 Å². The Kier molecular flexibility index (Phi) is 3.67. The smallest absolute Gasteiger partial charge is 0.119 e. The van der Waals surface area contributed by atoms with Crippen molar-refractivity contribution < 1.29 is 4.74 Å². The second kappa shape index (κ2) is 6.13. The highest BCUT2D eigenvalue weighted by Crippen LogP contribution is 2.20. The second-order valence-electron chi connectivity index (χ2n) is 5.56. The van der Waals surface area contributed by atoms with Crippen molar-refractivity contribution in [1.82, 2.24) is 9.97 Å². The molecule has 0 N–H and O–H groups in total. The molecule has 0 atom stereocenters. The maximum absolute atomic E-state index is 5.24. The largest absolute Gasteiger partial charge is 0.497 e. The standard InChI is InChI=1S/C21H16N2O/c1-24-19-12-13-21-16(14-19)7-9-18(23-21)11-10-17-8-6-15-4-2-3-5-20(15)22-17/h2-14H,1H3. The molecule has 3 nitrogen and oxygen atoms in total. The van der Waals surface area contributed by atoms with Crippen LogP contribution >= 0.6 is 0 Å². The Morgan fingerprint density at radius 1 is 0.708 bits per heavy atom. The molecule has 0 bridgehead atoms. The third-order valence-electron chi connectivity index (χ3n) is 3.96. The van der Waals surface area contributed by atoms with Crippen molar-refractivity contribution in [3.05, 3.63) is 78.1 Å². The van der Waals surface area contributed by atoms with Gasteiger partial charge >= 0.3 is 0 Å². The monoisotopic (exact) mass is 312 g/mol. The van der Waals surface area contributed by atoms with E-state index in [0.717, 1.165) is 38.9 Å². The molecule has 0 unspecified atom stereocenters. The molecule has 2 aromatic carbocycles. The minimum absolute atomic E-state index is 0.841. The van der Waals surface area contributed by atoms with E-state index in [-0.39, 0.29) is 0 Å². The third-order valence-corrected chi connectivity index (χ3v) is 3.96. The van der Waals surface area contributed by atoms with Gasteiger partial charge in [-0.15, -0.1) is 0 Å². The summed E-state index contributed by atoms with van der Waals surface area (Å²) in [5, 5.41) is 2.21. The van der Waals surface area contributed by atoms with Crippen molar-refractivity contribution in [3.63, 3.8) is 0 Å². The van der Waals surface area contributed by atoms with Crippen molar-refractivity contribution in [2.24, 2.45) is 0 Å². The lowest BCUT2D eigenvalue weighted by molar-refractivity contribution is 0.415. The topological polar surface area (TPSA) is 35.0 Å². The SMILES string of the molecule is COc1ccc2nc(C=Cc3ccc4ccccc4n3)ccc2c1. The van der Waals surface area contributed by atoms with Gasteiger partial charge in [0, 0.05) is 10.8 Å². The van der Waals surface area contributed by atoms with Crippen LogP contribution in [0.3, 0.4) is 0 Å². The van der Waals surface area contributed by atoms with Crippen molar-refractivity contribution in [2.75, 3.05) is 7.11 Å². The van der Waals surface area contributed by atoms with Crippen LogP contribution in [0.1, 0.15) is 11.4 Å². The third kappa shape index (κ3) is 2.84. The fourth-order valence-electron chi connectivity index (χ4n) is 2.68. The lowest BCUT2D eigenvalue weighted by Gasteiger charge is -2.03. The number of hydrogen-bond donors (Lipinski definition) is 0. The summed E-state index contributed by atoms with van der Waals surface area (Å²) in [5.41, 5.74) is 3.77. The number of para-hydroxylation sites is 1. The predicted octanol–water partition coefficient (Wildman–Crippen LogP) is 4.96. The molecule has 0 aliphatic heterocycles. The number of aromatic nitrogens is 2. The van der Waals surface area contributed by atoms with E-state index in [1.165, 1.54) is 0 Å². The van der Waals surface area contributed by atoms with Crippen molar-refractivity contribution in [2.45, 2.75) is 0 Å². The van der Waals surface area contributed by atoms with Gasteiger partial charge in [-0.1, -0.05) is 30.3 Å². The number of fused-ring (bicyclic) bond motifs is 2. The molecule has 0 spiro atoms. The summed E-state index contributed by atoms with van der Waals surface area (Å²) in [6.07, 6.45) is 3.98. The van der Waals surface area contributed by atoms with E-state index in [1.54, 1.807) is 7.11 Å². The van der Waals surface area contributed by atoms with Gasteiger partial charge in [-0.2, -0.15) is 0 Å². The van der Waals surface area contributed by atoms with Gasteiger partial charge < -0.3 is 4.74 Å². The number of pyridine rings is 2. The maximum Gasteiger partial charge on any atom is 0.119 e. The first kappa shape index (κ1) is 14.4. The molecule has 0 saturated heterocycles. The van der Waals surface area contributed by atoms with Crippen LogP contribution < -0.4 is 4.74 Å². The number of methoxy groups -OCH3 is 1. The van der Waals surface area contributed by atoms with Crippen LogP contribution in [0.2, 0.25) is 0 Å². The van der Waals surface area contributed by atoms with Crippen LogP contribution in [-0.2, 0) is 0 Å². The van der Waals surface area contributed by atoms with E-state index < -0.39 is 0 Å². The molecule has 2 aromatic heterocycles. The molecule has 0 aliphatic rings. The van der Waals surface area contributed by atoms with Crippen molar-refractivity contribution >= 4 is 34.0 Å². The Morgan fingerprint density at radius 2 is 1.38 bits per heavy atom. The Morgan fingerprint density at radius 3 is 2.12 bits per heavy atom. The molecule has 4 aromatic rings. The first-order valence-electron chi connectivity index (χ1n) is 7.80. The highest BCUT2D eigenvalue weighted by atomic mass is 16.5. The average molecular weight is 312 g/mol. The molecule has 0 amide bonds. The molecular formula is C21H16N2O. The van der Waals surface area contributed by atoms with E-state index in [0.29, 0.717) is 0 Å². The molecule has 0 radical (unpaired) electrons. The summed E-state index contributed by atoms with van der Waals surface area (Å²) in [6, 6.07) is 22.2. The Hall–Kier alpha value is -3.20. The van der Waals surface area contributed by atoms with Gasteiger partial charge in [-0.3, -0.25) is 0 Å². The minimum atomic E-state index is 0.841. The zero-order valence-electron chi connectivity index (χ0n) is 13.3. The number of nitrogens with zero attached hydrogens (tertiary/aromatic N) is 2. The van der Waals surface area contributed by atoms with Gasteiger partial charge in [0.15, 0.2) is 0 Å². The van der Waals surface area contributed by atoms with Gasteiger partial charge in [-0.25, -0.2) is 9.97 Å². The average Bonchev–Trinajstić information content (AvgIpc) is 2.65. The minimum Gasteiger partial charge on any atom is -0.497 e. The molecule has 4 rings (SSSR count). The van der Waals surface area contributed by atoms with Gasteiger partial charge in [0.05, 0.1) is 29.5 Å². The summed E-state index contributed by atoms with van der Waals surface area (Å²) < 4.78 is 5.24. The van der Waals surface area contributed by atoms with Gasteiger partial charge in [-0.05, 0) is 48.6 Å². The molecule has 3 heteroatoms. The fourth-order valence-corrected chi connectivity index (χ4v) is 2.68. The zero-order valence-corrected chi connectivity index (χ0v) is 13.3. The predicted molar refractivity (Wildman–Crippen MR) is 99.0 cm³/mol. The van der Waals surface area contributed by atoms with Gasteiger partial charge in [0.25, 0.3) is 0 Å². The molecule has 116 valence electrons. The van der Waals surface area contributed by atoms with E-state index in [2.05, 4.69) is 28.2 Å². The number of rotatable bonds is 3.